The standard InChI is InChI=1S/C15H29N3O/c1-6-8-10-13(9-7-2)16-11-14-12(3)17-18(4)15(14)19-5/h13,16H,6-11H2,1-5H3. The van der Waals surface area contributed by atoms with Crippen molar-refractivity contribution in [1.29, 1.82) is 0 Å². The second-order valence-electron chi connectivity index (χ2n) is 5.21. The number of hydrogen-bond donors (Lipinski definition) is 1. The van der Waals surface area contributed by atoms with E-state index in [0.29, 0.717) is 6.04 Å². The molecule has 1 aromatic heterocycles. The molecule has 1 rings (SSSR count). The number of aromatic nitrogens is 2. The first kappa shape index (κ1) is 16.0. The summed E-state index contributed by atoms with van der Waals surface area (Å²) in [4.78, 5) is 0. The van der Waals surface area contributed by atoms with Gasteiger partial charge in [-0.2, -0.15) is 5.10 Å². The average Bonchev–Trinajstić information content (AvgIpc) is 2.66. The van der Waals surface area contributed by atoms with E-state index in [0.717, 1.165) is 18.1 Å². The third-order valence-corrected chi connectivity index (χ3v) is 3.59. The predicted molar refractivity (Wildman–Crippen MR) is 79.6 cm³/mol. The van der Waals surface area contributed by atoms with Gasteiger partial charge in [-0.1, -0.05) is 33.1 Å². The van der Waals surface area contributed by atoms with Crippen molar-refractivity contribution in [3.8, 4) is 5.88 Å². The summed E-state index contributed by atoms with van der Waals surface area (Å²) in [6.07, 6.45) is 6.27. The normalized spacial score (nSPS) is 12.7. The second-order valence-corrected chi connectivity index (χ2v) is 5.21. The number of aryl methyl sites for hydroxylation is 2. The van der Waals surface area contributed by atoms with E-state index in [9.17, 15) is 0 Å². The molecule has 4 nitrogen and oxygen atoms in total. The zero-order chi connectivity index (χ0) is 14.3. The van der Waals surface area contributed by atoms with Gasteiger partial charge in [0.05, 0.1) is 18.4 Å². The number of rotatable bonds is 9. The number of nitrogens with one attached hydrogen (secondary N) is 1. The van der Waals surface area contributed by atoms with Crippen molar-refractivity contribution in [3.63, 3.8) is 0 Å². The Morgan fingerprint density at radius 3 is 2.58 bits per heavy atom. The first-order valence-corrected chi connectivity index (χ1v) is 7.43. The van der Waals surface area contributed by atoms with Gasteiger partial charge in [0.2, 0.25) is 5.88 Å². The van der Waals surface area contributed by atoms with Crippen molar-refractivity contribution in [2.45, 2.75) is 65.5 Å². The van der Waals surface area contributed by atoms with Crippen molar-refractivity contribution < 1.29 is 4.74 Å². The molecule has 0 aliphatic rings. The zero-order valence-electron chi connectivity index (χ0n) is 13.1. The van der Waals surface area contributed by atoms with Crippen LogP contribution in [0.1, 0.15) is 57.2 Å². The summed E-state index contributed by atoms with van der Waals surface area (Å²) >= 11 is 0. The van der Waals surface area contributed by atoms with E-state index >= 15 is 0 Å². The van der Waals surface area contributed by atoms with Crippen molar-refractivity contribution in [2.75, 3.05) is 7.11 Å². The SMILES string of the molecule is CCCCC(CCC)NCc1c(C)nn(C)c1OC. The summed E-state index contributed by atoms with van der Waals surface area (Å²) in [5.74, 6) is 0.871. The third kappa shape index (κ3) is 4.53. The summed E-state index contributed by atoms with van der Waals surface area (Å²) in [5, 5.41) is 8.09. The van der Waals surface area contributed by atoms with Crippen LogP contribution in [-0.2, 0) is 13.6 Å². The molecule has 1 aromatic rings. The highest BCUT2D eigenvalue weighted by Gasteiger charge is 2.15. The minimum atomic E-state index is 0.606. The van der Waals surface area contributed by atoms with E-state index in [2.05, 4.69) is 24.3 Å². The Balaban J connectivity index is 2.62. The number of hydrogen-bond acceptors (Lipinski definition) is 3. The molecule has 19 heavy (non-hydrogen) atoms. The Morgan fingerprint density at radius 2 is 2.00 bits per heavy atom. The number of ether oxygens (including phenoxy) is 1. The Morgan fingerprint density at radius 1 is 1.26 bits per heavy atom. The topological polar surface area (TPSA) is 39.1 Å². The molecule has 4 heteroatoms. The summed E-state index contributed by atoms with van der Waals surface area (Å²) < 4.78 is 7.24. The van der Waals surface area contributed by atoms with Crippen molar-refractivity contribution >= 4 is 0 Å². The lowest BCUT2D eigenvalue weighted by Gasteiger charge is -2.18. The smallest absolute Gasteiger partial charge is 0.216 e. The molecule has 1 heterocycles. The number of methoxy groups -OCH3 is 1. The van der Waals surface area contributed by atoms with Crippen LogP contribution in [0.2, 0.25) is 0 Å². The van der Waals surface area contributed by atoms with Crippen LogP contribution in [0.4, 0.5) is 0 Å². The van der Waals surface area contributed by atoms with E-state index in [-0.39, 0.29) is 0 Å². The van der Waals surface area contributed by atoms with E-state index in [1.165, 1.54) is 37.7 Å². The number of unbranched alkanes of at least 4 members (excludes halogenated alkanes) is 1. The number of nitrogens with zero attached hydrogens (tertiary/aromatic N) is 2. The van der Waals surface area contributed by atoms with Gasteiger partial charge in [0.25, 0.3) is 0 Å². The molecule has 0 radical (unpaired) electrons. The fraction of sp³-hybridized carbons (Fsp3) is 0.800. The Hall–Kier alpha value is -1.03. The fourth-order valence-electron chi connectivity index (χ4n) is 2.53. The van der Waals surface area contributed by atoms with Crippen LogP contribution in [0.5, 0.6) is 5.88 Å². The van der Waals surface area contributed by atoms with Crippen LogP contribution in [-0.4, -0.2) is 22.9 Å². The predicted octanol–water partition coefficient (Wildman–Crippen LogP) is 3.19. The molecule has 0 amide bonds. The molecule has 0 spiro atoms. The van der Waals surface area contributed by atoms with Crippen LogP contribution in [0, 0.1) is 6.92 Å². The summed E-state index contributed by atoms with van der Waals surface area (Å²) in [6.45, 7) is 7.38. The van der Waals surface area contributed by atoms with E-state index in [4.69, 9.17) is 4.74 Å². The lowest BCUT2D eigenvalue weighted by molar-refractivity contribution is 0.364. The lowest BCUT2D eigenvalue weighted by atomic mass is 10.0. The van der Waals surface area contributed by atoms with E-state index in [1.54, 1.807) is 7.11 Å². The molecule has 1 N–H and O–H groups in total. The van der Waals surface area contributed by atoms with Crippen LogP contribution >= 0.6 is 0 Å². The minimum absolute atomic E-state index is 0.606. The van der Waals surface area contributed by atoms with Gasteiger partial charge in [-0.3, -0.25) is 0 Å². The van der Waals surface area contributed by atoms with Crippen LogP contribution in [0.25, 0.3) is 0 Å². The van der Waals surface area contributed by atoms with Gasteiger partial charge in [-0.05, 0) is 19.8 Å². The Bertz CT molecular complexity index is 374. The molecule has 110 valence electrons. The Kier molecular flexibility index (Phi) is 6.92. The van der Waals surface area contributed by atoms with Crippen LogP contribution in [0.3, 0.4) is 0 Å². The van der Waals surface area contributed by atoms with Crippen LogP contribution < -0.4 is 10.1 Å². The highest BCUT2D eigenvalue weighted by Crippen LogP contribution is 2.21. The maximum atomic E-state index is 5.43. The van der Waals surface area contributed by atoms with Gasteiger partial charge in [0, 0.05) is 19.6 Å². The van der Waals surface area contributed by atoms with Gasteiger partial charge in [0.1, 0.15) is 0 Å². The molecule has 0 fully saturated rings. The minimum Gasteiger partial charge on any atom is -0.481 e. The first-order chi connectivity index (χ1) is 9.13. The maximum absolute atomic E-state index is 5.43. The molecule has 0 bridgehead atoms. The van der Waals surface area contributed by atoms with Gasteiger partial charge in [-0.25, -0.2) is 4.68 Å². The zero-order valence-corrected chi connectivity index (χ0v) is 13.1. The van der Waals surface area contributed by atoms with E-state index < -0.39 is 0 Å². The highest BCUT2D eigenvalue weighted by atomic mass is 16.5. The van der Waals surface area contributed by atoms with Crippen molar-refractivity contribution in [2.24, 2.45) is 7.05 Å². The second kappa shape index (κ2) is 8.20. The summed E-state index contributed by atoms with van der Waals surface area (Å²) in [6, 6.07) is 0.606. The van der Waals surface area contributed by atoms with Crippen LogP contribution in [0.15, 0.2) is 0 Å². The monoisotopic (exact) mass is 267 g/mol. The average molecular weight is 267 g/mol. The fourth-order valence-corrected chi connectivity index (χ4v) is 2.53. The van der Waals surface area contributed by atoms with Gasteiger partial charge >= 0.3 is 0 Å². The highest BCUT2D eigenvalue weighted by molar-refractivity contribution is 5.30. The van der Waals surface area contributed by atoms with Gasteiger partial charge < -0.3 is 10.1 Å². The van der Waals surface area contributed by atoms with Gasteiger partial charge in [-0.15, -0.1) is 0 Å². The molecule has 0 saturated carbocycles. The quantitative estimate of drug-likeness (QED) is 0.747. The molecule has 0 saturated heterocycles. The third-order valence-electron chi connectivity index (χ3n) is 3.59. The molecule has 0 aliphatic heterocycles. The molecular formula is C15H29N3O. The molecule has 1 unspecified atom stereocenters. The van der Waals surface area contributed by atoms with E-state index in [1.807, 2.05) is 18.7 Å². The Labute approximate surface area is 117 Å². The molecular weight excluding hydrogens is 238 g/mol. The largest absolute Gasteiger partial charge is 0.481 e. The lowest BCUT2D eigenvalue weighted by Crippen LogP contribution is -2.28. The molecule has 1 atom stereocenters. The molecule has 0 aliphatic carbocycles. The van der Waals surface area contributed by atoms with Crippen molar-refractivity contribution in [3.05, 3.63) is 11.3 Å². The first-order valence-electron chi connectivity index (χ1n) is 7.43. The van der Waals surface area contributed by atoms with Gasteiger partial charge in [0.15, 0.2) is 0 Å². The summed E-state index contributed by atoms with van der Waals surface area (Å²) in [5.41, 5.74) is 2.24. The van der Waals surface area contributed by atoms with Crippen molar-refractivity contribution in [1.82, 2.24) is 15.1 Å². The summed E-state index contributed by atoms with van der Waals surface area (Å²) in [7, 11) is 3.64. The maximum Gasteiger partial charge on any atom is 0.216 e. The molecule has 0 aromatic carbocycles.